The van der Waals surface area contributed by atoms with Crippen LogP contribution in [0.25, 0.3) is 0 Å². The molecule has 26 heavy (non-hydrogen) atoms. The van der Waals surface area contributed by atoms with E-state index in [1.54, 1.807) is 12.1 Å². The van der Waals surface area contributed by atoms with Gasteiger partial charge in [-0.2, -0.15) is 5.10 Å². The van der Waals surface area contributed by atoms with E-state index < -0.39 is 4.92 Å². The summed E-state index contributed by atoms with van der Waals surface area (Å²) in [6, 6.07) is 16.5. The van der Waals surface area contributed by atoms with E-state index in [1.165, 1.54) is 44.2 Å². The highest BCUT2D eigenvalue weighted by molar-refractivity contribution is 6.00. The number of nitro groups is 1. The summed E-state index contributed by atoms with van der Waals surface area (Å²) in [6.45, 7) is 2.23. The molecule has 0 unspecified atom stereocenters. The van der Waals surface area contributed by atoms with Gasteiger partial charge in [0.15, 0.2) is 0 Å². The number of unbranched alkanes of at least 4 members (excludes halogenated alkanes) is 5. The Bertz CT molecular complexity index is 697. The van der Waals surface area contributed by atoms with Gasteiger partial charge in [0.05, 0.1) is 16.3 Å². The Morgan fingerprint density at radius 3 is 2.27 bits per heavy atom. The average Bonchev–Trinajstić information content (AvgIpc) is 2.68. The van der Waals surface area contributed by atoms with Gasteiger partial charge in [-0.25, -0.2) is 0 Å². The Hall–Kier alpha value is -2.69. The van der Waals surface area contributed by atoms with Gasteiger partial charge >= 0.3 is 0 Å². The zero-order chi connectivity index (χ0) is 18.6. The van der Waals surface area contributed by atoms with E-state index in [2.05, 4.69) is 29.6 Å². The number of anilines is 1. The number of nitro benzene ring substituents is 1. The van der Waals surface area contributed by atoms with Gasteiger partial charge in [-0.05, 0) is 30.5 Å². The van der Waals surface area contributed by atoms with Gasteiger partial charge in [0.25, 0.3) is 5.69 Å². The van der Waals surface area contributed by atoms with Crippen LogP contribution < -0.4 is 5.43 Å². The second-order valence-corrected chi connectivity index (χ2v) is 6.36. The molecule has 0 radical (unpaired) electrons. The van der Waals surface area contributed by atoms with Gasteiger partial charge in [-0.1, -0.05) is 69.4 Å². The summed E-state index contributed by atoms with van der Waals surface area (Å²) in [4.78, 5) is 10.3. The second-order valence-electron chi connectivity index (χ2n) is 6.36. The smallest absolute Gasteiger partial charge is 0.269 e. The molecule has 1 N–H and O–H groups in total. The van der Waals surface area contributed by atoms with E-state index in [-0.39, 0.29) is 5.69 Å². The molecule has 138 valence electrons. The first-order chi connectivity index (χ1) is 12.7. The van der Waals surface area contributed by atoms with Crippen molar-refractivity contribution < 1.29 is 4.92 Å². The van der Waals surface area contributed by atoms with Crippen LogP contribution in [0.15, 0.2) is 59.7 Å². The number of benzene rings is 2. The van der Waals surface area contributed by atoms with Crippen molar-refractivity contribution in [3.8, 4) is 0 Å². The fourth-order valence-electron chi connectivity index (χ4n) is 2.76. The normalized spacial score (nSPS) is 11.3. The molecule has 5 nitrogen and oxygen atoms in total. The molecule has 0 aliphatic rings. The fourth-order valence-corrected chi connectivity index (χ4v) is 2.76. The molecule has 0 amide bonds. The minimum Gasteiger partial charge on any atom is -0.278 e. The monoisotopic (exact) mass is 353 g/mol. The molecule has 0 aliphatic carbocycles. The highest BCUT2D eigenvalue weighted by Crippen LogP contribution is 2.17. The van der Waals surface area contributed by atoms with Gasteiger partial charge in [0.1, 0.15) is 0 Å². The van der Waals surface area contributed by atoms with E-state index in [4.69, 9.17) is 0 Å². The quantitative estimate of drug-likeness (QED) is 0.228. The van der Waals surface area contributed by atoms with Gasteiger partial charge in [-0.15, -0.1) is 0 Å². The minimum absolute atomic E-state index is 0.0786. The highest BCUT2D eigenvalue weighted by Gasteiger charge is 2.06. The number of rotatable bonds is 11. The van der Waals surface area contributed by atoms with Gasteiger partial charge in [-0.3, -0.25) is 15.5 Å². The topological polar surface area (TPSA) is 67.5 Å². The third-order valence-electron chi connectivity index (χ3n) is 4.27. The molecular formula is C21H27N3O2. The van der Waals surface area contributed by atoms with Crippen molar-refractivity contribution in [2.75, 3.05) is 5.43 Å². The number of nitrogens with one attached hydrogen (secondary N) is 1. The van der Waals surface area contributed by atoms with Crippen molar-refractivity contribution in [3.05, 3.63) is 70.3 Å². The summed E-state index contributed by atoms with van der Waals surface area (Å²) in [7, 11) is 0. The van der Waals surface area contributed by atoms with Crippen molar-refractivity contribution in [2.45, 2.75) is 51.9 Å². The van der Waals surface area contributed by atoms with Gasteiger partial charge in [0, 0.05) is 12.1 Å². The first-order valence-electron chi connectivity index (χ1n) is 9.33. The molecule has 0 spiro atoms. The average molecular weight is 353 g/mol. The maximum atomic E-state index is 10.7. The van der Waals surface area contributed by atoms with Crippen LogP contribution in [0.4, 0.5) is 11.4 Å². The molecule has 0 fully saturated rings. The summed E-state index contributed by atoms with van der Waals surface area (Å²) in [6.07, 6.45) is 8.37. The van der Waals surface area contributed by atoms with Gasteiger partial charge in [0.2, 0.25) is 0 Å². The second kappa shape index (κ2) is 11.0. The first-order valence-corrected chi connectivity index (χ1v) is 9.33. The lowest BCUT2D eigenvalue weighted by Gasteiger charge is -2.08. The predicted octanol–water partition coefficient (Wildman–Crippen LogP) is 6.16. The Balaban J connectivity index is 1.98. The summed E-state index contributed by atoms with van der Waals surface area (Å²) in [5.74, 6) is 0. The Labute approximate surface area is 155 Å². The third kappa shape index (κ3) is 6.67. The summed E-state index contributed by atoms with van der Waals surface area (Å²) in [5, 5.41) is 15.3. The van der Waals surface area contributed by atoms with E-state index in [0.29, 0.717) is 0 Å². The molecule has 5 heteroatoms. The maximum Gasteiger partial charge on any atom is 0.269 e. The molecule has 0 saturated heterocycles. The molecule has 0 saturated carbocycles. The Morgan fingerprint density at radius 2 is 1.62 bits per heavy atom. The fraction of sp³-hybridized carbons (Fsp3) is 0.381. The number of nitrogens with zero attached hydrogens (tertiary/aromatic N) is 2. The lowest BCUT2D eigenvalue weighted by Crippen LogP contribution is -2.05. The SMILES string of the molecule is CCCCCCCCC(=NNc1ccc([N+](=O)[O-])cc1)c1ccccc1. The molecule has 0 bridgehead atoms. The van der Waals surface area contributed by atoms with E-state index in [1.807, 2.05) is 18.2 Å². The van der Waals surface area contributed by atoms with E-state index in [9.17, 15) is 10.1 Å². The van der Waals surface area contributed by atoms with E-state index >= 15 is 0 Å². The predicted molar refractivity (Wildman–Crippen MR) is 108 cm³/mol. The van der Waals surface area contributed by atoms with Crippen LogP contribution in [0.2, 0.25) is 0 Å². The Morgan fingerprint density at radius 1 is 0.962 bits per heavy atom. The molecule has 2 aromatic rings. The number of hydrogen-bond acceptors (Lipinski definition) is 4. The summed E-state index contributed by atoms with van der Waals surface area (Å²) in [5.41, 5.74) is 5.98. The number of non-ortho nitro benzene ring substituents is 1. The van der Waals surface area contributed by atoms with Crippen LogP contribution in [0.3, 0.4) is 0 Å². The van der Waals surface area contributed by atoms with Crippen LogP contribution >= 0.6 is 0 Å². The highest BCUT2D eigenvalue weighted by atomic mass is 16.6. The van der Waals surface area contributed by atoms with Crippen molar-refractivity contribution in [1.82, 2.24) is 0 Å². The number of hydrazone groups is 1. The molecule has 2 rings (SSSR count). The first kappa shape index (κ1) is 19.6. The molecule has 0 aromatic heterocycles. The van der Waals surface area contributed by atoms with Crippen LogP contribution in [0, 0.1) is 10.1 Å². The third-order valence-corrected chi connectivity index (χ3v) is 4.27. The summed E-state index contributed by atoms with van der Waals surface area (Å²) < 4.78 is 0. The van der Waals surface area contributed by atoms with Crippen LogP contribution in [-0.2, 0) is 0 Å². The van der Waals surface area contributed by atoms with E-state index in [0.717, 1.165) is 29.8 Å². The molecule has 0 atom stereocenters. The zero-order valence-electron chi connectivity index (χ0n) is 15.4. The van der Waals surface area contributed by atoms with Crippen LogP contribution in [0.1, 0.15) is 57.4 Å². The maximum absolute atomic E-state index is 10.7. The number of hydrogen-bond donors (Lipinski definition) is 1. The van der Waals surface area contributed by atoms with Crippen LogP contribution in [-0.4, -0.2) is 10.6 Å². The molecular weight excluding hydrogens is 326 g/mol. The molecule has 0 heterocycles. The zero-order valence-corrected chi connectivity index (χ0v) is 15.4. The lowest BCUT2D eigenvalue weighted by molar-refractivity contribution is -0.384. The molecule has 0 aliphatic heterocycles. The Kier molecular flexibility index (Phi) is 8.33. The standard InChI is InChI=1S/C21H27N3O2/c1-2-3-4-5-6-10-13-21(18-11-8-7-9-12-18)23-22-19-14-16-20(17-15-19)24(25)26/h7-9,11-12,14-17,22H,2-6,10,13H2,1H3. The lowest BCUT2D eigenvalue weighted by atomic mass is 10.0. The van der Waals surface area contributed by atoms with Crippen molar-refractivity contribution >= 4 is 17.1 Å². The minimum atomic E-state index is -0.402. The van der Waals surface area contributed by atoms with Crippen molar-refractivity contribution in [2.24, 2.45) is 5.10 Å². The van der Waals surface area contributed by atoms with Crippen LogP contribution in [0.5, 0.6) is 0 Å². The van der Waals surface area contributed by atoms with Gasteiger partial charge < -0.3 is 0 Å². The summed E-state index contributed by atoms with van der Waals surface area (Å²) >= 11 is 0. The largest absolute Gasteiger partial charge is 0.278 e. The molecule has 2 aromatic carbocycles. The van der Waals surface area contributed by atoms with Crippen molar-refractivity contribution in [3.63, 3.8) is 0 Å². The van der Waals surface area contributed by atoms with Crippen molar-refractivity contribution in [1.29, 1.82) is 0 Å².